The van der Waals surface area contributed by atoms with Gasteiger partial charge >= 0.3 is 8.80 Å². The minimum absolute atomic E-state index is 0.0117. The molecule has 0 radical (unpaired) electrons. The van der Waals surface area contributed by atoms with Crippen LogP contribution < -0.4 is 0 Å². The lowest BCUT2D eigenvalue weighted by Gasteiger charge is -2.46. The molecular weight excluding hydrogens is 380 g/mol. The molecule has 2 heterocycles. The van der Waals surface area contributed by atoms with Gasteiger partial charge in [0.1, 0.15) is 0 Å². The van der Waals surface area contributed by atoms with E-state index in [4.69, 9.17) is 32.2 Å². The second-order valence-corrected chi connectivity index (χ2v) is 11.1. The van der Waals surface area contributed by atoms with Crippen molar-refractivity contribution in [3.8, 4) is 0 Å². The van der Waals surface area contributed by atoms with Crippen molar-refractivity contribution >= 4 is 8.80 Å². The lowest BCUT2D eigenvalue weighted by Crippen LogP contribution is -2.57. The van der Waals surface area contributed by atoms with Crippen LogP contribution in [0.25, 0.3) is 0 Å². The summed E-state index contributed by atoms with van der Waals surface area (Å²) in [4.78, 5) is 0. The molecule has 2 aliphatic rings. The summed E-state index contributed by atoms with van der Waals surface area (Å²) in [6.45, 7) is 17.0. The highest BCUT2D eigenvalue weighted by atomic mass is 28.4. The van der Waals surface area contributed by atoms with Gasteiger partial charge in [0.05, 0.1) is 39.6 Å². The second kappa shape index (κ2) is 10.3. The molecule has 28 heavy (non-hydrogen) atoms. The van der Waals surface area contributed by atoms with Crippen LogP contribution in [0.4, 0.5) is 0 Å². The van der Waals surface area contributed by atoms with Crippen LogP contribution in [0.5, 0.6) is 0 Å². The molecule has 1 atom stereocenters. The van der Waals surface area contributed by atoms with Crippen LogP contribution in [-0.4, -0.2) is 67.6 Å². The molecule has 2 fully saturated rings. The third-order valence-corrected chi connectivity index (χ3v) is 8.67. The summed E-state index contributed by atoms with van der Waals surface area (Å²) >= 11 is 0. The zero-order valence-corrected chi connectivity index (χ0v) is 19.6. The zero-order valence-electron chi connectivity index (χ0n) is 18.6. The van der Waals surface area contributed by atoms with Crippen molar-refractivity contribution in [1.82, 2.24) is 0 Å². The molecule has 0 N–H and O–H groups in total. The van der Waals surface area contributed by atoms with Crippen LogP contribution in [-0.2, 0) is 32.2 Å². The molecule has 0 aromatic rings. The molecule has 2 saturated heterocycles. The first-order valence-corrected chi connectivity index (χ1v) is 12.6. The highest BCUT2D eigenvalue weighted by Gasteiger charge is 2.50. The maximum atomic E-state index is 6.49. The summed E-state index contributed by atoms with van der Waals surface area (Å²) in [6.07, 6.45) is 1.89. The summed E-state index contributed by atoms with van der Waals surface area (Å²) < 4.78 is 41.9. The van der Waals surface area contributed by atoms with E-state index in [-0.39, 0.29) is 10.8 Å². The third kappa shape index (κ3) is 6.22. The van der Waals surface area contributed by atoms with Crippen LogP contribution in [0.2, 0.25) is 6.04 Å². The van der Waals surface area contributed by atoms with Crippen molar-refractivity contribution in [3.63, 3.8) is 0 Å². The quantitative estimate of drug-likeness (QED) is 0.296. The number of hydrogen-bond acceptors (Lipinski definition) is 7. The summed E-state index contributed by atoms with van der Waals surface area (Å²) in [5.41, 5.74) is 0.0197. The molecule has 0 aliphatic carbocycles. The zero-order chi connectivity index (χ0) is 20.7. The van der Waals surface area contributed by atoms with Gasteiger partial charge in [-0.15, -0.1) is 0 Å². The Morgan fingerprint density at radius 2 is 1.46 bits per heavy atom. The van der Waals surface area contributed by atoms with Gasteiger partial charge in [-0.3, -0.25) is 0 Å². The fourth-order valence-electron chi connectivity index (χ4n) is 3.33. The van der Waals surface area contributed by atoms with Crippen molar-refractivity contribution in [3.05, 3.63) is 0 Å². The standard InChI is InChI=1S/C20H40O7Si/c1-7-11-28(25-9-3,26-10-4)27-19(6,23-14-18(5)12-21-13-18)24-17-20(8-2)15-22-16-20/h7-17H2,1-6H3. The van der Waals surface area contributed by atoms with Crippen molar-refractivity contribution in [1.29, 1.82) is 0 Å². The fourth-order valence-corrected chi connectivity index (χ4v) is 6.10. The van der Waals surface area contributed by atoms with Crippen molar-refractivity contribution < 1.29 is 32.2 Å². The highest BCUT2D eigenvalue weighted by Crippen LogP contribution is 2.36. The molecule has 2 aliphatic heterocycles. The van der Waals surface area contributed by atoms with Gasteiger partial charge in [0.25, 0.3) is 5.97 Å². The number of rotatable bonds is 15. The Hall–Kier alpha value is -0.0631. The molecule has 0 amide bonds. The molecule has 1 unspecified atom stereocenters. The summed E-state index contributed by atoms with van der Waals surface area (Å²) in [5.74, 6) is -1.23. The van der Waals surface area contributed by atoms with Gasteiger partial charge in [0.15, 0.2) is 0 Å². The Morgan fingerprint density at radius 1 is 0.893 bits per heavy atom. The normalized spacial score (nSPS) is 22.9. The average molecular weight is 421 g/mol. The highest BCUT2D eigenvalue weighted by molar-refractivity contribution is 6.60. The topological polar surface area (TPSA) is 64.6 Å². The molecule has 2 rings (SSSR count). The second-order valence-electron chi connectivity index (χ2n) is 8.49. The Balaban J connectivity index is 2.13. The maximum Gasteiger partial charge on any atom is 0.504 e. The Kier molecular flexibility index (Phi) is 8.91. The fraction of sp³-hybridized carbons (Fsp3) is 1.00. The summed E-state index contributed by atoms with van der Waals surface area (Å²) in [5, 5.41) is 0. The molecule has 166 valence electrons. The smallest absolute Gasteiger partial charge is 0.380 e. The van der Waals surface area contributed by atoms with Crippen LogP contribution >= 0.6 is 0 Å². The van der Waals surface area contributed by atoms with E-state index in [0.29, 0.717) is 52.9 Å². The van der Waals surface area contributed by atoms with Crippen molar-refractivity contribution in [2.45, 2.75) is 66.4 Å². The van der Waals surface area contributed by atoms with E-state index >= 15 is 0 Å². The number of hydrogen-bond donors (Lipinski definition) is 0. The lowest BCUT2D eigenvalue weighted by molar-refractivity contribution is -0.374. The molecule has 0 spiro atoms. The summed E-state index contributed by atoms with van der Waals surface area (Å²) in [6, 6.07) is 0.722. The first-order chi connectivity index (χ1) is 13.3. The van der Waals surface area contributed by atoms with Crippen LogP contribution in [0.1, 0.15) is 54.4 Å². The van der Waals surface area contributed by atoms with E-state index in [1.165, 1.54) is 0 Å². The van der Waals surface area contributed by atoms with Gasteiger partial charge in [-0.1, -0.05) is 27.2 Å². The van der Waals surface area contributed by atoms with Gasteiger partial charge in [0, 0.05) is 37.0 Å². The Labute approximate surface area is 171 Å². The minimum Gasteiger partial charge on any atom is -0.380 e. The van der Waals surface area contributed by atoms with E-state index in [1.807, 2.05) is 20.8 Å². The monoisotopic (exact) mass is 420 g/mol. The molecule has 0 aromatic carbocycles. The maximum absolute atomic E-state index is 6.49. The van der Waals surface area contributed by atoms with E-state index in [2.05, 4.69) is 20.8 Å². The van der Waals surface area contributed by atoms with Crippen molar-refractivity contribution in [2.24, 2.45) is 10.8 Å². The molecular formula is C20H40O7Si. The van der Waals surface area contributed by atoms with Crippen LogP contribution in [0.3, 0.4) is 0 Å². The molecule has 0 bridgehead atoms. The van der Waals surface area contributed by atoms with Crippen LogP contribution in [0, 0.1) is 10.8 Å². The first-order valence-electron chi connectivity index (χ1n) is 10.7. The number of ether oxygens (including phenoxy) is 4. The SMILES string of the molecule is CCC[Si](OCC)(OCC)OC(C)(OCC1(C)COC1)OCC1(CC)COC1. The molecule has 8 heteroatoms. The van der Waals surface area contributed by atoms with E-state index in [9.17, 15) is 0 Å². The van der Waals surface area contributed by atoms with Gasteiger partial charge in [-0.2, -0.15) is 0 Å². The predicted molar refractivity (Wildman–Crippen MR) is 108 cm³/mol. The van der Waals surface area contributed by atoms with E-state index in [0.717, 1.165) is 18.9 Å². The average Bonchev–Trinajstić information content (AvgIpc) is 2.58. The lowest BCUT2D eigenvalue weighted by atomic mass is 9.84. The predicted octanol–water partition coefficient (Wildman–Crippen LogP) is 3.59. The van der Waals surface area contributed by atoms with E-state index < -0.39 is 14.8 Å². The van der Waals surface area contributed by atoms with Gasteiger partial charge < -0.3 is 32.2 Å². The van der Waals surface area contributed by atoms with Crippen molar-refractivity contribution in [2.75, 3.05) is 52.9 Å². The molecule has 7 nitrogen and oxygen atoms in total. The van der Waals surface area contributed by atoms with Crippen LogP contribution in [0.15, 0.2) is 0 Å². The largest absolute Gasteiger partial charge is 0.504 e. The van der Waals surface area contributed by atoms with Gasteiger partial charge in [-0.05, 0) is 20.3 Å². The Morgan fingerprint density at radius 3 is 1.86 bits per heavy atom. The van der Waals surface area contributed by atoms with Gasteiger partial charge in [0.2, 0.25) is 0 Å². The Bertz CT molecular complexity index is 445. The summed E-state index contributed by atoms with van der Waals surface area (Å²) in [7, 11) is -2.93. The van der Waals surface area contributed by atoms with Gasteiger partial charge in [-0.25, -0.2) is 0 Å². The van der Waals surface area contributed by atoms with E-state index in [1.54, 1.807) is 0 Å². The minimum atomic E-state index is -2.93. The third-order valence-electron chi connectivity index (χ3n) is 5.42. The molecule has 0 aromatic heterocycles. The molecule has 0 saturated carbocycles. The first kappa shape index (κ1) is 24.2.